The van der Waals surface area contributed by atoms with Crippen LogP contribution in [-0.4, -0.2) is 34.9 Å². The highest BCUT2D eigenvalue weighted by Gasteiger charge is 2.25. The molecule has 16 heavy (non-hydrogen) atoms. The number of rotatable bonds is 2. The predicted octanol–water partition coefficient (Wildman–Crippen LogP) is 1.93. The summed E-state index contributed by atoms with van der Waals surface area (Å²) >= 11 is 5.52. The number of likely N-dealkylation sites (tertiary alicyclic amines) is 1. The molecule has 2 heterocycles. The summed E-state index contributed by atoms with van der Waals surface area (Å²) in [5.74, 6) is 1.43. The SMILES string of the molecule is Cc1cc(C2CCN(C(=O)CCl)CC2)on1. The average Bonchev–Trinajstić information content (AvgIpc) is 2.75. The maximum absolute atomic E-state index is 11.4. The van der Waals surface area contributed by atoms with Gasteiger partial charge in [-0.15, -0.1) is 11.6 Å². The van der Waals surface area contributed by atoms with Crippen LogP contribution in [0.1, 0.15) is 30.2 Å². The molecule has 0 radical (unpaired) electrons. The Hall–Kier alpha value is -1.03. The highest BCUT2D eigenvalue weighted by molar-refractivity contribution is 6.27. The van der Waals surface area contributed by atoms with Crippen molar-refractivity contribution in [1.82, 2.24) is 10.1 Å². The van der Waals surface area contributed by atoms with Crippen molar-refractivity contribution in [3.63, 3.8) is 0 Å². The van der Waals surface area contributed by atoms with Gasteiger partial charge in [0.2, 0.25) is 5.91 Å². The maximum Gasteiger partial charge on any atom is 0.237 e. The Morgan fingerprint density at radius 3 is 2.81 bits per heavy atom. The molecule has 0 aromatic carbocycles. The number of aromatic nitrogens is 1. The van der Waals surface area contributed by atoms with Gasteiger partial charge in [-0.3, -0.25) is 4.79 Å². The summed E-state index contributed by atoms with van der Waals surface area (Å²) < 4.78 is 5.25. The molecule has 0 aliphatic carbocycles. The van der Waals surface area contributed by atoms with Crippen molar-refractivity contribution in [3.8, 4) is 0 Å². The van der Waals surface area contributed by atoms with Gasteiger partial charge >= 0.3 is 0 Å². The zero-order valence-corrected chi connectivity index (χ0v) is 10.0. The van der Waals surface area contributed by atoms with Crippen molar-refractivity contribution in [2.45, 2.75) is 25.7 Å². The third-order valence-corrected chi connectivity index (χ3v) is 3.24. The third kappa shape index (κ3) is 2.38. The minimum atomic E-state index is 0.0221. The zero-order chi connectivity index (χ0) is 11.5. The monoisotopic (exact) mass is 242 g/mol. The number of aryl methyl sites for hydroxylation is 1. The number of carbonyl (C=O) groups excluding carboxylic acids is 1. The van der Waals surface area contributed by atoms with E-state index in [2.05, 4.69) is 5.16 Å². The molecule has 2 rings (SSSR count). The smallest absolute Gasteiger partial charge is 0.237 e. The molecule has 0 saturated carbocycles. The number of hydrogen-bond acceptors (Lipinski definition) is 3. The Kier molecular flexibility index (Phi) is 3.49. The summed E-state index contributed by atoms with van der Waals surface area (Å²) in [5.41, 5.74) is 0.911. The molecule has 5 heteroatoms. The first-order valence-electron chi connectivity index (χ1n) is 5.47. The van der Waals surface area contributed by atoms with Crippen LogP contribution in [0.4, 0.5) is 0 Å². The van der Waals surface area contributed by atoms with Gasteiger partial charge in [0, 0.05) is 25.1 Å². The van der Waals surface area contributed by atoms with Crippen LogP contribution in [0.25, 0.3) is 0 Å². The molecule has 0 atom stereocenters. The van der Waals surface area contributed by atoms with Gasteiger partial charge in [-0.25, -0.2) is 0 Å². The second-order valence-electron chi connectivity index (χ2n) is 4.16. The Labute approximate surface area is 99.5 Å². The molecule has 0 N–H and O–H groups in total. The lowest BCUT2D eigenvalue weighted by atomic mass is 9.94. The topological polar surface area (TPSA) is 46.3 Å². The number of piperidine rings is 1. The summed E-state index contributed by atoms with van der Waals surface area (Å²) in [4.78, 5) is 13.2. The molecule has 1 aliphatic rings. The fourth-order valence-corrected chi connectivity index (χ4v) is 2.24. The summed E-state index contributed by atoms with van der Waals surface area (Å²) in [7, 11) is 0. The van der Waals surface area contributed by atoms with Gasteiger partial charge in [0.15, 0.2) is 0 Å². The van der Waals surface area contributed by atoms with Crippen LogP contribution in [0.5, 0.6) is 0 Å². The quantitative estimate of drug-likeness (QED) is 0.745. The largest absolute Gasteiger partial charge is 0.361 e. The first-order chi connectivity index (χ1) is 7.70. The summed E-state index contributed by atoms with van der Waals surface area (Å²) in [6, 6.07) is 1.98. The number of hydrogen-bond donors (Lipinski definition) is 0. The lowest BCUT2D eigenvalue weighted by Crippen LogP contribution is -2.38. The van der Waals surface area contributed by atoms with Crippen molar-refractivity contribution >= 4 is 17.5 Å². The van der Waals surface area contributed by atoms with Crippen molar-refractivity contribution < 1.29 is 9.32 Å². The fraction of sp³-hybridized carbons (Fsp3) is 0.636. The molecule has 0 unspecified atom stereocenters. The second kappa shape index (κ2) is 4.87. The first kappa shape index (κ1) is 11.5. The van der Waals surface area contributed by atoms with Crippen LogP contribution in [0.15, 0.2) is 10.6 Å². The molecule has 1 saturated heterocycles. The summed E-state index contributed by atoms with van der Waals surface area (Å²) in [6.07, 6.45) is 1.86. The predicted molar refractivity (Wildman–Crippen MR) is 60.5 cm³/mol. The summed E-state index contributed by atoms with van der Waals surface area (Å²) in [6.45, 7) is 3.44. The molecular weight excluding hydrogens is 228 g/mol. The van der Waals surface area contributed by atoms with Gasteiger partial charge < -0.3 is 9.42 Å². The van der Waals surface area contributed by atoms with E-state index in [9.17, 15) is 4.79 Å². The van der Waals surface area contributed by atoms with Crippen LogP contribution >= 0.6 is 11.6 Å². The lowest BCUT2D eigenvalue weighted by Gasteiger charge is -2.30. The normalized spacial score (nSPS) is 17.8. The molecule has 0 spiro atoms. The van der Waals surface area contributed by atoms with E-state index < -0.39 is 0 Å². The van der Waals surface area contributed by atoms with Crippen LogP contribution in [0.3, 0.4) is 0 Å². The van der Waals surface area contributed by atoms with Crippen LogP contribution in [-0.2, 0) is 4.79 Å². The van der Waals surface area contributed by atoms with Gasteiger partial charge in [-0.1, -0.05) is 5.16 Å². The molecule has 0 bridgehead atoms. The maximum atomic E-state index is 11.4. The van der Waals surface area contributed by atoms with Crippen LogP contribution < -0.4 is 0 Å². The molecule has 1 amide bonds. The van der Waals surface area contributed by atoms with Gasteiger partial charge in [-0.05, 0) is 19.8 Å². The van der Waals surface area contributed by atoms with Gasteiger partial charge in [0.05, 0.1) is 5.69 Å². The van der Waals surface area contributed by atoms with Crippen molar-refractivity contribution in [2.24, 2.45) is 0 Å². The van der Waals surface area contributed by atoms with Gasteiger partial charge in [-0.2, -0.15) is 0 Å². The van der Waals surface area contributed by atoms with E-state index in [-0.39, 0.29) is 11.8 Å². The van der Waals surface area contributed by atoms with Crippen LogP contribution in [0.2, 0.25) is 0 Å². The number of carbonyl (C=O) groups is 1. The number of halogens is 1. The Bertz CT molecular complexity index is 370. The fourth-order valence-electron chi connectivity index (χ4n) is 2.07. The molecule has 1 fully saturated rings. The second-order valence-corrected chi connectivity index (χ2v) is 4.43. The van der Waals surface area contributed by atoms with E-state index >= 15 is 0 Å². The number of nitrogens with zero attached hydrogens (tertiary/aromatic N) is 2. The standard InChI is InChI=1S/C11H15ClN2O2/c1-8-6-10(16-13-8)9-2-4-14(5-3-9)11(15)7-12/h6,9H,2-5,7H2,1H3. The Morgan fingerprint density at radius 1 is 1.62 bits per heavy atom. The van der Waals surface area contributed by atoms with Crippen molar-refractivity contribution in [2.75, 3.05) is 19.0 Å². The van der Waals surface area contributed by atoms with E-state index in [0.717, 1.165) is 37.4 Å². The van der Waals surface area contributed by atoms with Gasteiger partial charge in [0.25, 0.3) is 0 Å². The molecular formula is C11H15ClN2O2. The highest BCUT2D eigenvalue weighted by Crippen LogP contribution is 2.28. The van der Waals surface area contributed by atoms with E-state index in [0.29, 0.717) is 5.92 Å². The highest BCUT2D eigenvalue weighted by atomic mass is 35.5. The van der Waals surface area contributed by atoms with E-state index in [1.165, 1.54) is 0 Å². The minimum Gasteiger partial charge on any atom is -0.361 e. The molecule has 4 nitrogen and oxygen atoms in total. The van der Waals surface area contributed by atoms with Crippen LogP contribution in [0, 0.1) is 6.92 Å². The first-order valence-corrected chi connectivity index (χ1v) is 6.01. The average molecular weight is 243 g/mol. The number of amides is 1. The third-order valence-electron chi connectivity index (χ3n) is 3.01. The Morgan fingerprint density at radius 2 is 2.31 bits per heavy atom. The lowest BCUT2D eigenvalue weighted by molar-refractivity contribution is -0.129. The molecule has 1 aliphatic heterocycles. The molecule has 1 aromatic heterocycles. The summed E-state index contributed by atoms with van der Waals surface area (Å²) in [5, 5.41) is 3.89. The van der Waals surface area contributed by atoms with Crippen molar-refractivity contribution in [3.05, 3.63) is 17.5 Å². The van der Waals surface area contributed by atoms with E-state index in [4.69, 9.17) is 16.1 Å². The molecule has 88 valence electrons. The zero-order valence-electron chi connectivity index (χ0n) is 9.28. The Balaban J connectivity index is 1.92. The minimum absolute atomic E-state index is 0.0221. The number of alkyl halides is 1. The van der Waals surface area contributed by atoms with Crippen molar-refractivity contribution in [1.29, 1.82) is 0 Å². The van der Waals surface area contributed by atoms with Gasteiger partial charge in [0.1, 0.15) is 11.6 Å². The molecule has 1 aromatic rings. The van der Waals surface area contributed by atoms with E-state index in [1.54, 1.807) is 0 Å². The van der Waals surface area contributed by atoms with E-state index in [1.807, 2.05) is 17.9 Å².